The first-order valence-electron chi connectivity index (χ1n) is 4.66. The molecule has 1 rings (SSSR count). The molecule has 1 amide bonds. The van der Waals surface area contributed by atoms with Crippen LogP contribution < -0.4 is 15.6 Å². The van der Waals surface area contributed by atoms with Gasteiger partial charge in [-0.25, -0.2) is 0 Å². The Bertz CT molecular complexity index is 467. The lowest BCUT2D eigenvalue weighted by atomic mass is 10.2. The third-order valence-electron chi connectivity index (χ3n) is 1.76. The summed E-state index contributed by atoms with van der Waals surface area (Å²) in [6, 6.07) is 3.09. The Labute approximate surface area is 99.9 Å². The summed E-state index contributed by atoms with van der Waals surface area (Å²) < 4.78 is 27.9. The van der Waals surface area contributed by atoms with Gasteiger partial charge in [0.1, 0.15) is 11.4 Å². The summed E-state index contributed by atoms with van der Waals surface area (Å²) >= 11 is 0. The van der Waals surface area contributed by atoms with Crippen LogP contribution in [-0.4, -0.2) is 17.4 Å². The minimum Gasteiger partial charge on any atom is -0.435 e. The Morgan fingerprint density at radius 2 is 2.17 bits per heavy atom. The lowest BCUT2D eigenvalue weighted by Gasteiger charge is -2.09. The van der Waals surface area contributed by atoms with Gasteiger partial charge in [-0.1, -0.05) is 0 Å². The standard InChI is InChI=1S/C9H9F2N3O4/c1-5(15)12-13-7-3-2-6(18-9(10)11)4-8(7)14(16)17/h2-4,9,13H,1H3,(H,12,15). The molecule has 7 nitrogen and oxygen atoms in total. The fourth-order valence-electron chi connectivity index (χ4n) is 1.10. The molecule has 0 spiro atoms. The molecule has 1 aromatic carbocycles. The second-order valence-electron chi connectivity index (χ2n) is 3.12. The molecule has 0 heterocycles. The number of rotatable bonds is 5. The van der Waals surface area contributed by atoms with Crippen LogP contribution in [0.2, 0.25) is 0 Å². The molecular weight excluding hydrogens is 252 g/mol. The average molecular weight is 261 g/mol. The molecule has 0 saturated heterocycles. The van der Waals surface area contributed by atoms with Gasteiger partial charge in [0, 0.05) is 6.92 Å². The van der Waals surface area contributed by atoms with Gasteiger partial charge in [0.2, 0.25) is 5.91 Å². The van der Waals surface area contributed by atoms with E-state index in [2.05, 4.69) is 15.6 Å². The monoisotopic (exact) mass is 261 g/mol. The Morgan fingerprint density at radius 1 is 1.50 bits per heavy atom. The molecule has 18 heavy (non-hydrogen) atoms. The zero-order valence-electron chi connectivity index (χ0n) is 9.15. The van der Waals surface area contributed by atoms with Crippen LogP contribution in [0, 0.1) is 10.1 Å². The predicted molar refractivity (Wildman–Crippen MR) is 57.2 cm³/mol. The first kappa shape index (κ1) is 13.6. The molecule has 0 bridgehead atoms. The number of anilines is 1. The van der Waals surface area contributed by atoms with Crippen molar-refractivity contribution in [3.8, 4) is 5.75 Å². The number of carbonyl (C=O) groups is 1. The molecule has 0 aromatic heterocycles. The molecule has 0 atom stereocenters. The number of nitro groups is 1. The lowest BCUT2D eigenvalue weighted by molar-refractivity contribution is -0.384. The number of nitrogens with one attached hydrogen (secondary N) is 2. The summed E-state index contributed by atoms with van der Waals surface area (Å²) in [6.07, 6.45) is 0. The normalized spacial score (nSPS) is 10.0. The number of ether oxygens (including phenoxy) is 1. The summed E-state index contributed by atoms with van der Waals surface area (Å²) in [6.45, 7) is -1.87. The van der Waals surface area contributed by atoms with Gasteiger partial charge in [-0.3, -0.25) is 25.8 Å². The maximum absolute atomic E-state index is 11.9. The first-order valence-corrected chi connectivity index (χ1v) is 4.66. The second kappa shape index (κ2) is 5.75. The second-order valence-corrected chi connectivity index (χ2v) is 3.12. The molecule has 0 radical (unpaired) electrons. The molecule has 0 aliphatic carbocycles. The van der Waals surface area contributed by atoms with Crippen LogP contribution >= 0.6 is 0 Å². The molecule has 0 saturated carbocycles. The van der Waals surface area contributed by atoms with Crippen molar-refractivity contribution in [3.05, 3.63) is 28.3 Å². The topological polar surface area (TPSA) is 93.5 Å². The third-order valence-corrected chi connectivity index (χ3v) is 1.76. The fourth-order valence-corrected chi connectivity index (χ4v) is 1.10. The number of hydrogen-bond acceptors (Lipinski definition) is 5. The van der Waals surface area contributed by atoms with Gasteiger partial charge in [0.25, 0.3) is 5.69 Å². The van der Waals surface area contributed by atoms with E-state index >= 15 is 0 Å². The number of carbonyl (C=O) groups excluding carboxylic acids is 1. The first-order chi connectivity index (χ1) is 8.40. The van der Waals surface area contributed by atoms with E-state index in [1.807, 2.05) is 0 Å². The van der Waals surface area contributed by atoms with Crippen LogP contribution in [-0.2, 0) is 4.79 Å². The van der Waals surface area contributed by atoms with E-state index in [4.69, 9.17) is 0 Å². The van der Waals surface area contributed by atoms with Crippen molar-refractivity contribution in [1.29, 1.82) is 0 Å². The number of amides is 1. The van der Waals surface area contributed by atoms with E-state index in [0.717, 1.165) is 18.2 Å². The Morgan fingerprint density at radius 3 is 2.67 bits per heavy atom. The van der Waals surface area contributed by atoms with Crippen molar-refractivity contribution in [3.63, 3.8) is 0 Å². The number of hydrogen-bond donors (Lipinski definition) is 2. The number of halogens is 2. The fraction of sp³-hybridized carbons (Fsp3) is 0.222. The molecule has 0 unspecified atom stereocenters. The van der Waals surface area contributed by atoms with Gasteiger partial charge in [0.05, 0.1) is 11.0 Å². The minimum absolute atomic E-state index is 0.0446. The smallest absolute Gasteiger partial charge is 0.387 e. The lowest BCUT2D eigenvalue weighted by Crippen LogP contribution is -2.26. The molecule has 2 N–H and O–H groups in total. The summed E-state index contributed by atoms with van der Waals surface area (Å²) in [5.74, 6) is -0.803. The van der Waals surface area contributed by atoms with E-state index < -0.39 is 23.1 Å². The van der Waals surface area contributed by atoms with Crippen molar-refractivity contribution < 1.29 is 23.2 Å². The maximum atomic E-state index is 11.9. The summed E-state index contributed by atoms with van der Waals surface area (Å²) in [4.78, 5) is 20.6. The van der Waals surface area contributed by atoms with Crippen LogP contribution in [0.25, 0.3) is 0 Å². The minimum atomic E-state index is -3.07. The summed E-state index contributed by atoms with van der Waals surface area (Å²) in [5.41, 5.74) is 3.88. The van der Waals surface area contributed by atoms with E-state index in [-0.39, 0.29) is 11.4 Å². The number of hydrazine groups is 1. The number of benzene rings is 1. The zero-order valence-corrected chi connectivity index (χ0v) is 9.15. The highest BCUT2D eigenvalue weighted by molar-refractivity contribution is 5.76. The molecule has 9 heteroatoms. The number of alkyl halides is 2. The van der Waals surface area contributed by atoms with Crippen LogP contribution in [0.4, 0.5) is 20.2 Å². The van der Waals surface area contributed by atoms with Crippen LogP contribution in [0.15, 0.2) is 18.2 Å². The summed E-state index contributed by atoms with van der Waals surface area (Å²) in [5, 5.41) is 10.7. The van der Waals surface area contributed by atoms with Gasteiger partial charge in [0.15, 0.2) is 0 Å². The van der Waals surface area contributed by atoms with Crippen molar-refractivity contribution >= 4 is 17.3 Å². The molecule has 0 fully saturated rings. The van der Waals surface area contributed by atoms with Gasteiger partial charge in [-0.15, -0.1) is 0 Å². The van der Waals surface area contributed by atoms with Gasteiger partial charge in [-0.05, 0) is 12.1 Å². The van der Waals surface area contributed by atoms with E-state index in [1.54, 1.807) is 0 Å². The van der Waals surface area contributed by atoms with Gasteiger partial charge >= 0.3 is 6.61 Å². The molecular formula is C9H9F2N3O4. The number of nitro benzene ring substituents is 1. The largest absolute Gasteiger partial charge is 0.435 e. The predicted octanol–water partition coefficient (Wildman–Crippen LogP) is 1.66. The third kappa shape index (κ3) is 3.85. The van der Waals surface area contributed by atoms with Crippen LogP contribution in [0.3, 0.4) is 0 Å². The zero-order chi connectivity index (χ0) is 13.7. The highest BCUT2D eigenvalue weighted by Crippen LogP contribution is 2.29. The van der Waals surface area contributed by atoms with Crippen molar-refractivity contribution in [2.24, 2.45) is 0 Å². The van der Waals surface area contributed by atoms with E-state index in [1.165, 1.54) is 6.92 Å². The SMILES string of the molecule is CC(=O)NNc1ccc(OC(F)F)cc1[N+](=O)[O-]. The highest BCUT2D eigenvalue weighted by atomic mass is 19.3. The van der Waals surface area contributed by atoms with Crippen molar-refractivity contribution in [2.45, 2.75) is 13.5 Å². The van der Waals surface area contributed by atoms with Crippen LogP contribution in [0.5, 0.6) is 5.75 Å². The quantitative estimate of drug-likeness (QED) is 0.621. The Balaban J connectivity index is 2.97. The Kier molecular flexibility index (Phi) is 4.35. The molecule has 1 aromatic rings. The van der Waals surface area contributed by atoms with Crippen molar-refractivity contribution in [1.82, 2.24) is 5.43 Å². The Hall–Kier alpha value is -2.45. The summed E-state index contributed by atoms with van der Waals surface area (Å²) in [7, 11) is 0. The maximum Gasteiger partial charge on any atom is 0.387 e. The van der Waals surface area contributed by atoms with E-state index in [9.17, 15) is 23.7 Å². The number of nitrogens with zero attached hydrogens (tertiary/aromatic N) is 1. The average Bonchev–Trinajstić information content (AvgIpc) is 2.26. The molecule has 98 valence electrons. The van der Waals surface area contributed by atoms with Crippen LogP contribution in [0.1, 0.15) is 6.92 Å². The van der Waals surface area contributed by atoms with Crippen molar-refractivity contribution in [2.75, 3.05) is 5.43 Å². The molecule has 0 aliphatic heterocycles. The van der Waals surface area contributed by atoms with Gasteiger partial charge < -0.3 is 4.74 Å². The van der Waals surface area contributed by atoms with E-state index in [0.29, 0.717) is 0 Å². The van der Waals surface area contributed by atoms with Gasteiger partial charge in [-0.2, -0.15) is 8.78 Å². The highest BCUT2D eigenvalue weighted by Gasteiger charge is 2.16. The molecule has 0 aliphatic rings.